The van der Waals surface area contributed by atoms with Gasteiger partial charge in [0.15, 0.2) is 0 Å². The number of aromatic nitrogens is 1. The van der Waals surface area contributed by atoms with Gasteiger partial charge in [0.05, 0.1) is 5.69 Å². The maximum atomic E-state index is 11.7. The molecule has 0 radical (unpaired) electrons. The van der Waals surface area contributed by atoms with Crippen LogP contribution in [-0.4, -0.2) is 15.6 Å². The third kappa shape index (κ3) is 3.48. The second-order valence-electron chi connectivity index (χ2n) is 5.31. The van der Waals surface area contributed by atoms with Crippen molar-refractivity contribution in [2.24, 2.45) is 0 Å². The highest BCUT2D eigenvalue weighted by Gasteiger charge is 2.22. The number of nitrogens with zero attached hydrogens (tertiary/aromatic N) is 1. The van der Waals surface area contributed by atoms with Crippen LogP contribution in [0.3, 0.4) is 0 Å². The first-order valence-electron chi connectivity index (χ1n) is 7.33. The van der Waals surface area contributed by atoms with Crippen LogP contribution in [0.4, 0.5) is 0 Å². The molecule has 23 heavy (non-hydrogen) atoms. The summed E-state index contributed by atoms with van der Waals surface area (Å²) in [6.07, 6.45) is 3.94. The van der Waals surface area contributed by atoms with Crippen molar-refractivity contribution in [3.05, 3.63) is 84.2 Å². The Morgan fingerprint density at radius 1 is 1.04 bits per heavy atom. The predicted octanol–water partition coefficient (Wildman–Crippen LogP) is 4.70. The molecule has 0 aliphatic heterocycles. The molecule has 0 saturated carbocycles. The summed E-state index contributed by atoms with van der Waals surface area (Å²) in [5.41, 5.74) is 2.94. The fourth-order valence-corrected chi connectivity index (χ4v) is 3.52. The normalized spacial score (nSPS) is 12.0. The molecule has 1 aromatic heterocycles. The molecular weight excluding hydrogens is 306 g/mol. The Morgan fingerprint density at radius 3 is 2.39 bits per heavy atom. The summed E-state index contributed by atoms with van der Waals surface area (Å²) in [5, 5.41) is 9.01. The van der Waals surface area contributed by atoms with E-state index in [2.05, 4.69) is 6.07 Å². The van der Waals surface area contributed by atoms with Crippen molar-refractivity contribution in [2.75, 3.05) is 0 Å². The van der Waals surface area contributed by atoms with Gasteiger partial charge in [0.2, 0.25) is 0 Å². The molecule has 3 nitrogen and oxygen atoms in total. The first-order chi connectivity index (χ1) is 11.1. The van der Waals surface area contributed by atoms with Crippen molar-refractivity contribution in [1.29, 1.82) is 0 Å². The van der Waals surface area contributed by atoms with Crippen molar-refractivity contribution in [3.63, 3.8) is 0 Å². The molecule has 2 aromatic carbocycles. The number of carboxylic acid groups (broad SMARTS) is 1. The first-order valence-corrected chi connectivity index (χ1v) is 8.21. The van der Waals surface area contributed by atoms with Crippen LogP contribution < -0.4 is 0 Å². The summed E-state index contributed by atoms with van der Waals surface area (Å²) in [6, 6.07) is 19.3. The van der Waals surface area contributed by atoms with E-state index in [0.29, 0.717) is 0 Å². The number of carbonyl (C=O) groups is 1. The second kappa shape index (κ2) is 6.75. The Kier molecular flexibility index (Phi) is 4.53. The van der Waals surface area contributed by atoms with E-state index in [1.165, 1.54) is 11.8 Å². The molecule has 0 fully saturated rings. The topological polar surface area (TPSA) is 42.2 Å². The highest BCUT2D eigenvalue weighted by molar-refractivity contribution is 8.00. The molecule has 3 rings (SSSR count). The lowest BCUT2D eigenvalue weighted by molar-refractivity contribution is -0.136. The van der Waals surface area contributed by atoms with E-state index in [4.69, 9.17) is 0 Å². The molecule has 0 spiro atoms. The molecule has 4 heteroatoms. The minimum absolute atomic E-state index is 0.631. The van der Waals surface area contributed by atoms with Gasteiger partial charge in [-0.15, -0.1) is 11.8 Å². The predicted molar refractivity (Wildman–Crippen MR) is 93.2 cm³/mol. The fourth-order valence-electron chi connectivity index (χ4n) is 2.44. The zero-order chi connectivity index (χ0) is 16.2. The molecule has 0 bridgehead atoms. The Labute approximate surface area is 139 Å². The maximum absolute atomic E-state index is 11.7. The van der Waals surface area contributed by atoms with Gasteiger partial charge >= 0.3 is 5.97 Å². The molecule has 3 aromatic rings. The van der Waals surface area contributed by atoms with Gasteiger partial charge in [0.25, 0.3) is 0 Å². The summed E-state index contributed by atoms with van der Waals surface area (Å²) in [7, 11) is 0. The Morgan fingerprint density at radius 2 is 1.74 bits per heavy atom. The lowest BCUT2D eigenvalue weighted by Gasteiger charge is -2.16. The number of thioether (sulfide) groups is 1. The minimum Gasteiger partial charge on any atom is -0.480 e. The van der Waals surface area contributed by atoms with E-state index in [9.17, 15) is 9.90 Å². The van der Waals surface area contributed by atoms with Gasteiger partial charge in [0.1, 0.15) is 5.25 Å². The number of hydrogen-bond acceptors (Lipinski definition) is 2. The van der Waals surface area contributed by atoms with Gasteiger partial charge in [-0.05, 0) is 42.3 Å². The molecule has 1 heterocycles. The van der Waals surface area contributed by atoms with E-state index < -0.39 is 11.2 Å². The number of benzene rings is 2. The largest absolute Gasteiger partial charge is 0.480 e. The van der Waals surface area contributed by atoms with Gasteiger partial charge in [-0.25, -0.2) is 0 Å². The van der Waals surface area contributed by atoms with E-state index in [1.807, 2.05) is 78.5 Å². The maximum Gasteiger partial charge on any atom is 0.321 e. The number of aryl methyl sites for hydroxylation is 1. The van der Waals surface area contributed by atoms with Crippen LogP contribution in [0.5, 0.6) is 0 Å². The molecule has 0 amide bonds. The Balaban J connectivity index is 2.00. The van der Waals surface area contributed by atoms with E-state index >= 15 is 0 Å². The fraction of sp³-hybridized carbons (Fsp3) is 0.105. The van der Waals surface area contributed by atoms with Crippen molar-refractivity contribution in [3.8, 4) is 5.69 Å². The monoisotopic (exact) mass is 323 g/mol. The second-order valence-corrected chi connectivity index (χ2v) is 6.46. The summed E-state index contributed by atoms with van der Waals surface area (Å²) in [4.78, 5) is 12.7. The summed E-state index contributed by atoms with van der Waals surface area (Å²) >= 11 is 1.36. The highest BCUT2D eigenvalue weighted by Crippen LogP contribution is 2.38. The van der Waals surface area contributed by atoms with E-state index in [-0.39, 0.29) is 0 Å². The summed E-state index contributed by atoms with van der Waals surface area (Å²) in [5.74, 6) is -0.833. The number of rotatable bonds is 5. The SMILES string of the molecule is Cc1ccc(SC(C(=O)O)c2ccccc2)c(-n2cccc2)c1. The van der Waals surface area contributed by atoms with Crippen molar-refractivity contribution in [1.82, 2.24) is 4.57 Å². The highest BCUT2D eigenvalue weighted by atomic mass is 32.2. The number of aliphatic carboxylic acids is 1. The first kappa shape index (κ1) is 15.4. The van der Waals surface area contributed by atoms with Crippen molar-refractivity contribution >= 4 is 17.7 Å². The van der Waals surface area contributed by atoms with Crippen LogP contribution in [0, 0.1) is 6.92 Å². The zero-order valence-corrected chi connectivity index (χ0v) is 13.5. The van der Waals surface area contributed by atoms with Crippen molar-refractivity contribution < 1.29 is 9.90 Å². The summed E-state index contributed by atoms with van der Waals surface area (Å²) in [6.45, 7) is 2.04. The van der Waals surface area contributed by atoms with Gasteiger partial charge < -0.3 is 9.67 Å². The Hall–Kier alpha value is -2.46. The molecular formula is C19H17NO2S. The van der Waals surface area contributed by atoms with Gasteiger partial charge in [-0.3, -0.25) is 4.79 Å². The summed E-state index contributed by atoms with van der Waals surface area (Å²) < 4.78 is 2.01. The molecule has 0 aliphatic carbocycles. The standard InChI is InChI=1S/C19H17NO2S/c1-14-9-10-17(16(13-14)20-11-5-6-12-20)23-18(19(21)22)15-7-3-2-4-8-15/h2-13,18H,1H3,(H,21,22). The molecule has 116 valence electrons. The smallest absolute Gasteiger partial charge is 0.321 e. The van der Waals surface area contributed by atoms with E-state index in [1.54, 1.807) is 0 Å². The van der Waals surface area contributed by atoms with Gasteiger partial charge in [-0.2, -0.15) is 0 Å². The molecule has 0 saturated heterocycles. The molecule has 1 N–H and O–H groups in total. The lowest BCUT2D eigenvalue weighted by Crippen LogP contribution is -2.08. The van der Waals surface area contributed by atoms with Crippen LogP contribution >= 0.6 is 11.8 Å². The lowest BCUT2D eigenvalue weighted by atomic mass is 10.1. The number of hydrogen-bond donors (Lipinski definition) is 1. The Bertz CT molecular complexity index is 798. The molecule has 1 atom stereocenters. The van der Waals surface area contributed by atoms with Crippen LogP contribution in [0.1, 0.15) is 16.4 Å². The molecule has 0 aliphatic rings. The third-order valence-corrected chi connectivity index (χ3v) is 4.88. The quantitative estimate of drug-likeness (QED) is 0.692. The van der Waals surface area contributed by atoms with Gasteiger partial charge in [-0.1, -0.05) is 36.4 Å². The zero-order valence-electron chi connectivity index (χ0n) is 12.7. The average molecular weight is 323 g/mol. The van der Waals surface area contributed by atoms with Crippen LogP contribution in [0.15, 0.2) is 78.0 Å². The minimum atomic E-state index is -0.833. The molecule has 1 unspecified atom stereocenters. The third-order valence-electron chi connectivity index (χ3n) is 3.57. The van der Waals surface area contributed by atoms with Crippen LogP contribution in [-0.2, 0) is 4.79 Å². The number of carboxylic acids is 1. The van der Waals surface area contributed by atoms with Crippen LogP contribution in [0.25, 0.3) is 5.69 Å². The van der Waals surface area contributed by atoms with Crippen molar-refractivity contribution in [2.45, 2.75) is 17.1 Å². The average Bonchev–Trinajstić information content (AvgIpc) is 3.08. The van der Waals surface area contributed by atoms with Gasteiger partial charge in [0, 0.05) is 17.3 Å². The van der Waals surface area contributed by atoms with E-state index in [0.717, 1.165) is 21.7 Å². The van der Waals surface area contributed by atoms with Crippen LogP contribution in [0.2, 0.25) is 0 Å².